The molecule has 0 saturated heterocycles. The van der Waals surface area contributed by atoms with Crippen LogP contribution in [0.15, 0.2) is 36.5 Å². The summed E-state index contributed by atoms with van der Waals surface area (Å²) < 4.78 is 1.84. The first-order chi connectivity index (χ1) is 13.6. The summed E-state index contributed by atoms with van der Waals surface area (Å²) in [6.45, 7) is 4.17. The number of amides is 1. The number of para-hydroxylation sites is 1. The van der Waals surface area contributed by atoms with Gasteiger partial charge in [0.25, 0.3) is 5.91 Å². The molecule has 2 aromatic rings. The van der Waals surface area contributed by atoms with Gasteiger partial charge in [-0.15, -0.1) is 0 Å². The van der Waals surface area contributed by atoms with Crippen LogP contribution in [-0.4, -0.2) is 27.8 Å². The van der Waals surface area contributed by atoms with Gasteiger partial charge in [-0.3, -0.25) is 4.79 Å². The minimum atomic E-state index is 0.0165. The zero-order chi connectivity index (χ0) is 19.3. The lowest BCUT2D eigenvalue weighted by Gasteiger charge is -2.54. The molecule has 4 aliphatic rings. The van der Waals surface area contributed by atoms with E-state index in [2.05, 4.69) is 29.6 Å². The molecule has 0 spiro atoms. The van der Waals surface area contributed by atoms with E-state index < -0.39 is 0 Å². The predicted octanol–water partition coefficient (Wildman–Crippen LogP) is 4.25. The van der Waals surface area contributed by atoms with E-state index in [1.807, 2.05) is 35.0 Å². The topological polar surface area (TPSA) is 59.0 Å². The maximum atomic E-state index is 13.3. The number of nitrogens with one attached hydrogen (secondary N) is 2. The first-order valence-corrected chi connectivity index (χ1v) is 10.8. The Labute approximate surface area is 166 Å². The quantitative estimate of drug-likeness (QED) is 0.818. The average molecular weight is 379 g/mol. The van der Waals surface area contributed by atoms with E-state index in [1.165, 1.54) is 32.1 Å². The summed E-state index contributed by atoms with van der Waals surface area (Å²) in [5.41, 5.74) is 1.60. The Morgan fingerprint density at radius 1 is 1.04 bits per heavy atom. The van der Waals surface area contributed by atoms with Crippen molar-refractivity contribution >= 4 is 11.7 Å². The SMILES string of the molecule is CC(C)Nc1c(C(=O)NC2C3CC4CC(C3)CC2C4)cnn1-c1ccccc1. The zero-order valence-corrected chi connectivity index (χ0v) is 16.8. The number of aromatic nitrogens is 2. The first-order valence-electron chi connectivity index (χ1n) is 10.8. The van der Waals surface area contributed by atoms with E-state index in [1.54, 1.807) is 6.20 Å². The second-order valence-electron chi connectivity index (χ2n) is 9.38. The van der Waals surface area contributed by atoms with Gasteiger partial charge in [-0.25, -0.2) is 4.68 Å². The molecule has 5 nitrogen and oxygen atoms in total. The van der Waals surface area contributed by atoms with E-state index in [9.17, 15) is 4.79 Å². The van der Waals surface area contributed by atoms with Crippen molar-refractivity contribution in [2.45, 2.75) is 58.0 Å². The van der Waals surface area contributed by atoms with Crippen molar-refractivity contribution in [2.75, 3.05) is 5.32 Å². The maximum absolute atomic E-state index is 13.3. The van der Waals surface area contributed by atoms with Crippen LogP contribution in [0.1, 0.15) is 56.3 Å². The fraction of sp³-hybridized carbons (Fsp3) is 0.565. The minimum Gasteiger partial charge on any atom is -0.367 e. The third-order valence-corrected chi connectivity index (χ3v) is 6.96. The molecule has 4 aliphatic carbocycles. The maximum Gasteiger partial charge on any atom is 0.256 e. The highest BCUT2D eigenvalue weighted by Gasteiger charge is 2.48. The van der Waals surface area contributed by atoms with Gasteiger partial charge in [0.05, 0.1) is 11.9 Å². The normalized spacial score (nSPS) is 30.6. The van der Waals surface area contributed by atoms with Crippen LogP contribution < -0.4 is 10.6 Å². The van der Waals surface area contributed by atoms with Gasteiger partial charge in [0.15, 0.2) is 0 Å². The largest absolute Gasteiger partial charge is 0.367 e. The van der Waals surface area contributed by atoms with Crippen LogP contribution in [0.25, 0.3) is 5.69 Å². The first kappa shape index (κ1) is 17.8. The summed E-state index contributed by atoms with van der Waals surface area (Å²) >= 11 is 0. The number of hydrogen-bond donors (Lipinski definition) is 2. The van der Waals surface area contributed by atoms with Crippen LogP contribution in [0.2, 0.25) is 0 Å². The summed E-state index contributed by atoms with van der Waals surface area (Å²) in [5, 5.41) is 11.4. The fourth-order valence-corrected chi connectivity index (χ4v) is 6.08. The van der Waals surface area contributed by atoms with E-state index in [0.717, 1.165) is 23.3 Å². The molecule has 6 rings (SSSR count). The number of carbonyl (C=O) groups is 1. The summed E-state index contributed by atoms with van der Waals surface area (Å²) in [4.78, 5) is 13.3. The van der Waals surface area contributed by atoms with Gasteiger partial charge < -0.3 is 10.6 Å². The van der Waals surface area contributed by atoms with Crippen molar-refractivity contribution in [1.82, 2.24) is 15.1 Å². The van der Waals surface area contributed by atoms with Gasteiger partial charge in [0.1, 0.15) is 11.4 Å². The highest BCUT2D eigenvalue weighted by atomic mass is 16.1. The number of nitrogens with zero attached hydrogens (tertiary/aromatic N) is 2. The summed E-state index contributed by atoms with van der Waals surface area (Å²) in [6.07, 6.45) is 8.36. The van der Waals surface area contributed by atoms with Crippen LogP contribution in [0.4, 0.5) is 5.82 Å². The smallest absolute Gasteiger partial charge is 0.256 e. The molecule has 1 aromatic heterocycles. The minimum absolute atomic E-state index is 0.0165. The van der Waals surface area contributed by atoms with Crippen molar-refractivity contribution in [3.8, 4) is 5.69 Å². The molecular formula is C23H30N4O. The lowest BCUT2D eigenvalue weighted by molar-refractivity contribution is -0.0119. The van der Waals surface area contributed by atoms with E-state index in [-0.39, 0.29) is 11.9 Å². The Morgan fingerprint density at radius 3 is 2.29 bits per heavy atom. The van der Waals surface area contributed by atoms with Crippen molar-refractivity contribution in [1.29, 1.82) is 0 Å². The number of hydrogen-bond acceptors (Lipinski definition) is 3. The number of anilines is 1. The zero-order valence-electron chi connectivity index (χ0n) is 16.8. The molecule has 4 fully saturated rings. The summed E-state index contributed by atoms with van der Waals surface area (Å²) in [6, 6.07) is 10.5. The Balaban J connectivity index is 1.41. The van der Waals surface area contributed by atoms with Crippen LogP contribution in [-0.2, 0) is 0 Å². The molecule has 0 atom stereocenters. The Kier molecular flexibility index (Phi) is 4.41. The lowest BCUT2D eigenvalue weighted by atomic mass is 9.54. The molecule has 5 heteroatoms. The molecule has 1 aromatic carbocycles. The lowest BCUT2D eigenvalue weighted by Crippen LogP contribution is -2.55. The molecule has 148 valence electrons. The Morgan fingerprint density at radius 2 is 1.68 bits per heavy atom. The van der Waals surface area contributed by atoms with E-state index >= 15 is 0 Å². The molecule has 28 heavy (non-hydrogen) atoms. The summed E-state index contributed by atoms with van der Waals surface area (Å²) in [7, 11) is 0. The molecule has 1 heterocycles. The van der Waals surface area contributed by atoms with Crippen LogP contribution in [0.3, 0.4) is 0 Å². The molecule has 4 saturated carbocycles. The second kappa shape index (κ2) is 6.94. The average Bonchev–Trinajstić information content (AvgIpc) is 3.07. The molecule has 0 unspecified atom stereocenters. The fourth-order valence-electron chi connectivity index (χ4n) is 6.08. The van der Waals surface area contributed by atoms with E-state index in [4.69, 9.17) is 0 Å². The Hall–Kier alpha value is -2.30. The molecule has 0 aliphatic heterocycles. The highest BCUT2D eigenvalue weighted by Crippen LogP contribution is 2.53. The Bertz CT molecular complexity index is 829. The molecule has 0 radical (unpaired) electrons. The van der Waals surface area contributed by atoms with Gasteiger partial charge in [-0.2, -0.15) is 5.10 Å². The molecular weight excluding hydrogens is 348 g/mol. The van der Waals surface area contributed by atoms with E-state index in [0.29, 0.717) is 23.4 Å². The van der Waals surface area contributed by atoms with Crippen molar-refractivity contribution < 1.29 is 4.79 Å². The van der Waals surface area contributed by atoms with Gasteiger partial charge in [0.2, 0.25) is 0 Å². The van der Waals surface area contributed by atoms with Crippen molar-refractivity contribution in [3.05, 3.63) is 42.1 Å². The van der Waals surface area contributed by atoms with Crippen LogP contribution in [0.5, 0.6) is 0 Å². The predicted molar refractivity (Wildman–Crippen MR) is 111 cm³/mol. The van der Waals surface area contributed by atoms with Gasteiger partial charge >= 0.3 is 0 Å². The second-order valence-corrected chi connectivity index (χ2v) is 9.38. The number of rotatable bonds is 5. The molecule has 1 amide bonds. The number of benzene rings is 1. The molecule has 2 N–H and O–H groups in total. The monoisotopic (exact) mass is 378 g/mol. The third-order valence-electron chi connectivity index (χ3n) is 6.96. The van der Waals surface area contributed by atoms with Crippen LogP contribution in [0, 0.1) is 23.7 Å². The van der Waals surface area contributed by atoms with Gasteiger partial charge in [0, 0.05) is 12.1 Å². The van der Waals surface area contributed by atoms with Gasteiger partial charge in [-0.1, -0.05) is 18.2 Å². The van der Waals surface area contributed by atoms with Crippen molar-refractivity contribution in [3.63, 3.8) is 0 Å². The number of carbonyl (C=O) groups excluding carboxylic acids is 1. The van der Waals surface area contributed by atoms with Crippen molar-refractivity contribution in [2.24, 2.45) is 23.7 Å². The van der Waals surface area contributed by atoms with Gasteiger partial charge in [-0.05, 0) is 81.8 Å². The van der Waals surface area contributed by atoms with Crippen LogP contribution >= 0.6 is 0 Å². The summed E-state index contributed by atoms with van der Waals surface area (Å²) in [5.74, 6) is 3.96. The molecule has 4 bridgehead atoms. The highest BCUT2D eigenvalue weighted by molar-refractivity contribution is 5.99. The third kappa shape index (κ3) is 3.11. The standard InChI is InChI=1S/C23H30N4O/c1-14(2)25-22-20(13-24-27(22)19-6-4-3-5-7-19)23(28)26-21-17-9-15-8-16(11-17)12-18(21)10-15/h3-7,13-18,21,25H,8-12H2,1-2H3,(H,26,28).